The zero-order valence-electron chi connectivity index (χ0n) is 11.9. The van der Waals surface area contributed by atoms with Crippen LogP contribution in [0.1, 0.15) is 31.7 Å². The van der Waals surface area contributed by atoms with Crippen molar-refractivity contribution in [2.45, 2.75) is 44.7 Å². The Bertz CT molecular complexity index is 404. The zero-order valence-corrected chi connectivity index (χ0v) is 11.9. The molecule has 0 bridgehead atoms. The van der Waals surface area contributed by atoms with Crippen molar-refractivity contribution in [1.82, 2.24) is 10.2 Å². The van der Waals surface area contributed by atoms with Gasteiger partial charge in [-0.05, 0) is 45.2 Å². The fourth-order valence-electron chi connectivity index (χ4n) is 2.78. The van der Waals surface area contributed by atoms with Crippen LogP contribution in [-0.4, -0.2) is 36.5 Å². The average molecular weight is 260 g/mol. The van der Waals surface area contributed by atoms with Gasteiger partial charge in [0, 0.05) is 12.6 Å². The minimum absolute atomic E-state index is 0.0212. The summed E-state index contributed by atoms with van der Waals surface area (Å²) >= 11 is 0. The maximum atomic E-state index is 12.3. The summed E-state index contributed by atoms with van der Waals surface area (Å²) in [7, 11) is 1.88. The number of likely N-dealkylation sites (N-methyl/N-ethyl adjacent to an activating group) is 1. The van der Waals surface area contributed by atoms with Crippen LogP contribution in [0, 0.1) is 0 Å². The number of hydrogen-bond donors (Lipinski definition) is 1. The number of rotatable bonds is 5. The van der Waals surface area contributed by atoms with Crippen molar-refractivity contribution in [3.63, 3.8) is 0 Å². The minimum atomic E-state index is 0.0212. The first kappa shape index (κ1) is 14.1. The number of nitrogens with zero attached hydrogens (tertiary/aromatic N) is 1. The molecule has 1 N–H and O–H groups in total. The number of piperidine rings is 1. The van der Waals surface area contributed by atoms with Crippen molar-refractivity contribution in [3.05, 3.63) is 35.9 Å². The lowest BCUT2D eigenvalue weighted by Gasteiger charge is -2.36. The smallest absolute Gasteiger partial charge is 0.239 e. The third-order valence-corrected chi connectivity index (χ3v) is 4.05. The second-order valence-electron chi connectivity index (χ2n) is 5.39. The van der Waals surface area contributed by atoms with Gasteiger partial charge in [-0.15, -0.1) is 0 Å². The third-order valence-electron chi connectivity index (χ3n) is 4.05. The summed E-state index contributed by atoms with van der Waals surface area (Å²) in [4.78, 5) is 14.3. The number of benzene rings is 1. The minimum Gasteiger partial charge on any atom is -0.339 e. The van der Waals surface area contributed by atoms with Crippen molar-refractivity contribution < 1.29 is 4.79 Å². The summed E-state index contributed by atoms with van der Waals surface area (Å²) < 4.78 is 0. The molecule has 0 radical (unpaired) electrons. The molecule has 1 amide bonds. The topological polar surface area (TPSA) is 32.3 Å². The highest BCUT2D eigenvalue weighted by Gasteiger charge is 2.30. The van der Waals surface area contributed by atoms with E-state index in [2.05, 4.69) is 36.5 Å². The number of carbonyl (C=O) groups excluding carboxylic acids is 1. The van der Waals surface area contributed by atoms with Gasteiger partial charge in [-0.1, -0.05) is 30.3 Å². The van der Waals surface area contributed by atoms with Gasteiger partial charge >= 0.3 is 0 Å². The molecule has 19 heavy (non-hydrogen) atoms. The molecule has 0 aliphatic carbocycles. The Morgan fingerprint density at radius 3 is 2.79 bits per heavy atom. The SMILES string of the molecule is CNC1CCCN(C(C)CCc2ccccc2)C1=O. The van der Waals surface area contributed by atoms with E-state index in [1.54, 1.807) is 0 Å². The predicted molar refractivity (Wildman–Crippen MR) is 78.0 cm³/mol. The Balaban J connectivity index is 1.88. The first-order valence-corrected chi connectivity index (χ1v) is 7.24. The zero-order chi connectivity index (χ0) is 13.7. The molecule has 1 fully saturated rings. The Morgan fingerprint density at radius 2 is 2.11 bits per heavy atom. The molecule has 0 saturated carbocycles. The predicted octanol–water partition coefficient (Wildman–Crippen LogP) is 2.22. The van der Waals surface area contributed by atoms with E-state index >= 15 is 0 Å². The van der Waals surface area contributed by atoms with Gasteiger partial charge < -0.3 is 10.2 Å². The van der Waals surface area contributed by atoms with Gasteiger partial charge in [-0.25, -0.2) is 0 Å². The molecule has 3 nitrogen and oxygen atoms in total. The van der Waals surface area contributed by atoms with Crippen LogP contribution in [0.15, 0.2) is 30.3 Å². The van der Waals surface area contributed by atoms with Crippen LogP contribution < -0.4 is 5.32 Å². The highest BCUT2D eigenvalue weighted by molar-refractivity contribution is 5.82. The van der Waals surface area contributed by atoms with Crippen LogP contribution in [-0.2, 0) is 11.2 Å². The normalized spacial score (nSPS) is 21.5. The number of amides is 1. The Labute approximate surface area is 116 Å². The lowest BCUT2D eigenvalue weighted by atomic mass is 10.00. The summed E-state index contributed by atoms with van der Waals surface area (Å²) in [5.74, 6) is 0.273. The average Bonchev–Trinajstić information content (AvgIpc) is 2.46. The van der Waals surface area contributed by atoms with Crippen LogP contribution in [0.25, 0.3) is 0 Å². The van der Waals surface area contributed by atoms with Crippen LogP contribution in [0.2, 0.25) is 0 Å². The van der Waals surface area contributed by atoms with E-state index in [0.717, 1.165) is 32.2 Å². The number of likely N-dealkylation sites (tertiary alicyclic amines) is 1. The van der Waals surface area contributed by atoms with Gasteiger partial charge in [0.15, 0.2) is 0 Å². The Morgan fingerprint density at radius 1 is 1.37 bits per heavy atom. The van der Waals surface area contributed by atoms with Gasteiger partial charge in [-0.3, -0.25) is 4.79 Å². The summed E-state index contributed by atoms with van der Waals surface area (Å²) in [6, 6.07) is 10.8. The highest BCUT2D eigenvalue weighted by atomic mass is 16.2. The second kappa shape index (κ2) is 6.71. The number of carbonyl (C=O) groups is 1. The van der Waals surface area contributed by atoms with Crippen LogP contribution >= 0.6 is 0 Å². The molecule has 3 heteroatoms. The quantitative estimate of drug-likeness (QED) is 0.880. The van der Waals surface area contributed by atoms with Gasteiger partial charge in [0.1, 0.15) is 0 Å². The molecule has 1 aromatic carbocycles. The molecular weight excluding hydrogens is 236 g/mol. The molecule has 0 aromatic heterocycles. The maximum absolute atomic E-state index is 12.3. The van der Waals surface area contributed by atoms with E-state index in [0.29, 0.717) is 6.04 Å². The molecule has 1 heterocycles. The van der Waals surface area contributed by atoms with Gasteiger partial charge in [0.05, 0.1) is 6.04 Å². The largest absolute Gasteiger partial charge is 0.339 e. The molecule has 1 aliphatic rings. The first-order chi connectivity index (χ1) is 9.22. The van der Waals surface area contributed by atoms with Gasteiger partial charge in [-0.2, -0.15) is 0 Å². The van der Waals surface area contributed by atoms with Crippen LogP contribution in [0.5, 0.6) is 0 Å². The van der Waals surface area contributed by atoms with Crippen molar-refractivity contribution >= 4 is 5.91 Å². The van der Waals surface area contributed by atoms with E-state index in [9.17, 15) is 4.79 Å². The van der Waals surface area contributed by atoms with Gasteiger partial charge in [0.2, 0.25) is 5.91 Å². The number of nitrogens with one attached hydrogen (secondary N) is 1. The molecule has 1 aliphatic heterocycles. The Kier molecular flexibility index (Phi) is 4.97. The lowest BCUT2D eigenvalue weighted by Crippen LogP contribution is -2.52. The lowest BCUT2D eigenvalue weighted by molar-refractivity contribution is -0.138. The molecule has 2 rings (SSSR count). The molecule has 1 aromatic rings. The molecular formula is C16H24N2O. The third kappa shape index (κ3) is 3.57. The molecule has 2 atom stereocenters. The van der Waals surface area contributed by atoms with E-state index in [1.165, 1.54) is 5.56 Å². The van der Waals surface area contributed by atoms with Crippen molar-refractivity contribution in [2.24, 2.45) is 0 Å². The first-order valence-electron chi connectivity index (χ1n) is 7.24. The van der Waals surface area contributed by atoms with Crippen molar-refractivity contribution in [1.29, 1.82) is 0 Å². The molecule has 1 saturated heterocycles. The van der Waals surface area contributed by atoms with E-state index < -0.39 is 0 Å². The van der Waals surface area contributed by atoms with E-state index in [1.807, 2.05) is 18.0 Å². The van der Waals surface area contributed by atoms with Crippen LogP contribution in [0.4, 0.5) is 0 Å². The summed E-state index contributed by atoms with van der Waals surface area (Å²) in [5, 5.41) is 3.12. The van der Waals surface area contributed by atoms with E-state index in [4.69, 9.17) is 0 Å². The van der Waals surface area contributed by atoms with Crippen LogP contribution in [0.3, 0.4) is 0 Å². The molecule has 0 spiro atoms. The second-order valence-corrected chi connectivity index (χ2v) is 5.39. The maximum Gasteiger partial charge on any atom is 0.239 e. The highest BCUT2D eigenvalue weighted by Crippen LogP contribution is 2.17. The molecule has 2 unspecified atom stereocenters. The summed E-state index contributed by atoms with van der Waals surface area (Å²) in [5.41, 5.74) is 1.35. The number of hydrogen-bond acceptors (Lipinski definition) is 2. The fourth-order valence-corrected chi connectivity index (χ4v) is 2.78. The fraction of sp³-hybridized carbons (Fsp3) is 0.562. The van der Waals surface area contributed by atoms with Crippen molar-refractivity contribution in [3.8, 4) is 0 Å². The van der Waals surface area contributed by atoms with Gasteiger partial charge in [0.25, 0.3) is 0 Å². The van der Waals surface area contributed by atoms with E-state index in [-0.39, 0.29) is 11.9 Å². The monoisotopic (exact) mass is 260 g/mol. The standard InChI is InChI=1S/C16H24N2O/c1-13(10-11-14-7-4-3-5-8-14)18-12-6-9-15(17-2)16(18)19/h3-5,7-8,13,15,17H,6,9-12H2,1-2H3. The Hall–Kier alpha value is -1.35. The van der Waals surface area contributed by atoms with Crippen molar-refractivity contribution in [2.75, 3.05) is 13.6 Å². The summed E-state index contributed by atoms with van der Waals surface area (Å²) in [6.07, 6.45) is 4.15. The number of aryl methyl sites for hydroxylation is 1. The molecule has 104 valence electrons. The summed E-state index contributed by atoms with van der Waals surface area (Å²) in [6.45, 7) is 3.08.